The molecule has 1 aliphatic carbocycles. The molecule has 0 bridgehead atoms. The minimum atomic E-state index is -0.866. The Morgan fingerprint density at radius 2 is 2.18 bits per heavy atom. The SMILES string of the molecule is O=C(O)CC1(NC(=O)NC2CCOC2)CCC1. The molecule has 6 heteroatoms. The number of aliphatic carboxylic acids is 1. The van der Waals surface area contributed by atoms with Crippen molar-refractivity contribution in [3.63, 3.8) is 0 Å². The Morgan fingerprint density at radius 1 is 1.41 bits per heavy atom. The molecule has 1 heterocycles. The summed E-state index contributed by atoms with van der Waals surface area (Å²) >= 11 is 0. The average Bonchev–Trinajstić information content (AvgIpc) is 2.66. The van der Waals surface area contributed by atoms with Gasteiger partial charge < -0.3 is 20.5 Å². The Kier molecular flexibility index (Phi) is 3.51. The molecule has 6 nitrogen and oxygen atoms in total. The quantitative estimate of drug-likeness (QED) is 0.668. The molecule has 2 fully saturated rings. The lowest BCUT2D eigenvalue weighted by Gasteiger charge is -2.41. The van der Waals surface area contributed by atoms with Gasteiger partial charge in [0.15, 0.2) is 0 Å². The first-order chi connectivity index (χ1) is 8.10. The van der Waals surface area contributed by atoms with Crippen LogP contribution in [0.4, 0.5) is 4.79 Å². The normalized spacial score (nSPS) is 26.0. The lowest BCUT2D eigenvalue weighted by atomic mass is 9.74. The molecule has 2 aliphatic rings. The first-order valence-corrected chi connectivity index (χ1v) is 5.98. The predicted octanol–water partition coefficient (Wildman–Crippen LogP) is 0.472. The Labute approximate surface area is 99.7 Å². The van der Waals surface area contributed by atoms with Crippen molar-refractivity contribution in [1.82, 2.24) is 10.6 Å². The minimum Gasteiger partial charge on any atom is -0.481 e. The molecule has 3 N–H and O–H groups in total. The number of carboxylic acid groups (broad SMARTS) is 1. The van der Waals surface area contributed by atoms with Gasteiger partial charge in [0.2, 0.25) is 0 Å². The van der Waals surface area contributed by atoms with E-state index in [2.05, 4.69) is 10.6 Å². The van der Waals surface area contributed by atoms with Gasteiger partial charge in [-0.15, -0.1) is 0 Å². The molecule has 0 aromatic rings. The van der Waals surface area contributed by atoms with Crippen molar-refractivity contribution in [3.8, 4) is 0 Å². The summed E-state index contributed by atoms with van der Waals surface area (Å²) < 4.78 is 5.16. The molecule has 1 aliphatic heterocycles. The van der Waals surface area contributed by atoms with Crippen molar-refractivity contribution in [3.05, 3.63) is 0 Å². The molecule has 0 spiro atoms. The van der Waals surface area contributed by atoms with Crippen LogP contribution in [0.25, 0.3) is 0 Å². The summed E-state index contributed by atoms with van der Waals surface area (Å²) in [7, 11) is 0. The third-order valence-corrected chi connectivity index (χ3v) is 3.44. The summed E-state index contributed by atoms with van der Waals surface area (Å²) in [6.45, 7) is 1.21. The van der Waals surface area contributed by atoms with Gasteiger partial charge >= 0.3 is 12.0 Å². The molecule has 0 radical (unpaired) electrons. The van der Waals surface area contributed by atoms with Gasteiger partial charge in [-0.25, -0.2) is 4.79 Å². The fourth-order valence-electron chi connectivity index (χ4n) is 2.35. The summed E-state index contributed by atoms with van der Waals surface area (Å²) in [4.78, 5) is 22.5. The number of hydrogen-bond donors (Lipinski definition) is 3. The number of ether oxygens (including phenoxy) is 1. The number of rotatable bonds is 4. The number of carboxylic acids is 1. The van der Waals surface area contributed by atoms with E-state index in [-0.39, 0.29) is 18.5 Å². The van der Waals surface area contributed by atoms with Crippen LogP contribution in [0, 0.1) is 0 Å². The van der Waals surface area contributed by atoms with Crippen LogP contribution in [-0.2, 0) is 9.53 Å². The zero-order valence-corrected chi connectivity index (χ0v) is 9.70. The van der Waals surface area contributed by atoms with Crippen LogP contribution in [0.5, 0.6) is 0 Å². The number of urea groups is 1. The Bertz CT molecular complexity index is 309. The van der Waals surface area contributed by atoms with E-state index in [1.165, 1.54) is 0 Å². The van der Waals surface area contributed by atoms with Crippen LogP contribution < -0.4 is 10.6 Å². The third-order valence-electron chi connectivity index (χ3n) is 3.44. The first kappa shape index (κ1) is 12.2. The second kappa shape index (κ2) is 4.91. The maximum atomic E-state index is 11.7. The first-order valence-electron chi connectivity index (χ1n) is 5.98. The maximum Gasteiger partial charge on any atom is 0.315 e. The van der Waals surface area contributed by atoms with E-state index >= 15 is 0 Å². The van der Waals surface area contributed by atoms with Crippen LogP contribution in [-0.4, -0.2) is 41.9 Å². The maximum absolute atomic E-state index is 11.7. The molecular formula is C11H18N2O4. The van der Waals surface area contributed by atoms with Gasteiger partial charge in [-0.05, 0) is 25.7 Å². The third kappa shape index (κ3) is 3.09. The minimum absolute atomic E-state index is 0.00157. The summed E-state index contributed by atoms with van der Waals surface area (Å²) in [5.41, 5.74) is -0.532. The van der Waals surface area contributed by atoms with E-state index in [0.717, 1.165) is 25.7 Å². The zero-order chi connectivity index (χ0) is 12.3. The number of carbonyl (C=O) groups is 2. The highest BCUT2D eigenvalue weighted by atomic mass is 16.5. The van der Waals surface area contributed by atoms with Gasteiger partial charge in [0, 0.05) is 6.61 Å². The number of hydrogen-bond acceptors (Lipinski definition) is 3. The molecule has 2 amide bonds. The number of amides is 2. The molecular weight excluding hydrogens is 224 g/mol. The molecule has 0 aromatic carbocycles. The standard InChI is InChI=1S/C11H18N2O4/c14-9(15)6-11(3-1-4-11)13-10(16)12-8-2-5-17-7-8/h8H,1-7H2,(H,14,15)(H2,12,13,16). The summed E-state index contributed by atoms with van der Waals surface area (Å²) in [6.07, 6.45) is 3.28. The van der Waals surface area contributed by atoms with Crippen molar-refractivity contribution >= 4 is 12.0 Å². The van der Waals surface area contributed by atoms with Gasteiger partial charge in [0.25, 0.3) is 0 Å². The van der Waals surface area contributed by atoms with E-state index in [1.807, 2.05) is 0 Å². The highest BCUT2D eigenvalue weighted by molar-refractivity contribution is 5.77. The average molecular weight is 242 g/mol. The highest BCUT2D eigenvalue weighted by Gasteiger charge is 2.40. The Hall–Kier alpha value is -1.30. The van der Waals surface area contributed by atoms with Crippen molar-refractivity contribution in [2.75, 3.05) is 13.2 Å². The molecule has 96 valence electrons. The van der Waals surface area contributed by atoms with Gasteiger partial charge in [-0.3, -0.25) is 4.79 Å². The number of nitrogens with one attached hydrogen (secondary N) is 2. The largest absolute Gasteiger partial charge is 0.481 e. The summed E-state index contributed by atoms with van der Waals surface area (Å²) in [5, 5.41) is 14.4. The highest BCUT2D eigenvalue weighted by Crippen LogP contribution is 2.34. The van der Waals surface area contributed by atoms with E-state index in [0.29, 0.717) is 13.2 Å². The van der Waals surface area contributed by atoms with Crippen molar-refractivity contribution in [2.24, 2.45) is 0 Å². The fraction of sp³-hybridized carbons (Fsp3) is 0.818. The van der Waals surface area contributed by atoms with Crippen LogP contribution in [0.1, 0.15) is 32.1 Å². The zero-order valence-electron chi connectivity index (χ0n) is 9.70. The molecule has 1 saturated heterocycles. The second-order valence-corrected chi connectivity index (χ2v) is 4.86. The molecule has 0 aromatic heterocycles. The van der Waals surface area contributed by atoms with Crippen LogP contribution in [0.3, 0.4) is 0 Å². The Balaban J connectivity index is 1.81. The smallest absolute Gasteiger partial charge is 0.315 e. The van der Waals surface area contributed by atoms with Crippen molar-refractivity contribution < 1.29 is 19.4 Å². The van der Waals surface area contributed by atoms with E-state index < -0.39 is 11.5 Å². The van der Waals surface area contributed by atoms with Crippen molar-refractivity contribution in [2.45, 2.75) is 43.7 Å². The van der Waals surface area contributed by atoms with Gasteiger partial charge in [0.1, 0.15) is 0 Å². The molecule has 2 rings (SSSR count). The van der Waals surface area contributed by atoms with Crippen molar-refractivity contribution in [1.29, 1.82) is 0 Å². The fourth-order valence-corrected chi connectivity index (χ4v) is 2.35. The summed E-state index contributed by atoms with van der Waals surface area (Å²) in [5.74, 6) is -0.866. The molecule has 1 atom stereocenters. The molecule has 1 unspecified atom stereocenters. The monoisotopic (exact) mass is 242 g/mol. The molecule has 1 saturated carbocycles. The topological polar surface area (TPSA) is 87.7 Å². The number of carbonyl (C=O) groups excluding carboxylic acids is 1. The summed E-state index contributed by atoms with van der Waals surface area (Å²) in [6, 6.07) is -0.224. The van der Waals surface area contributed by atoms with Crippen LogP contribution in [0.2, 0.25) is 0 Å². The van der Waals surface area contributed by atoms with Crippen LogP contribution >= 0.6 is 0 Å². The molecule has 17 heavy (non-hydrogen) atoms. The van der Waals surface area contributed by atoms with Gasteiger partial charge in [-0.2, -0.15) is 0 Å². The van der Waals surface area contributed by atoms with Crippen LogP contribution in [0.15, 0.2) is 0 Å². The van der Waals surface area contributed by atoms with Gasteiger partial charge in [0.05, 0.1) is 24.6 Å². The lowest BCUT2D eigenvalue weighted by molar-refractivity contribution is -0.139. The Morgan fingerprint density at radius 3 is 2.65 bits per heavy atom. The second-order valence-electron chi connectivity index (χ2n) is 4.86. The van der Waals surface area contributed by atoms with E-state index in [4.69, 9.17) is 9.84 Å². The van der Waals surface area contributed by atoms with Gasteiger partial charge in [-0.1, -0.05) is 0 Å². The van der Waals surface area contributed by atoms with E-state index in [9.17, 15) is 9.59 Å². The lowest BCUT2D eigenvalue weighted by Crippen LogP contribution is -2.58. The van der Waals surface area contributed by atoms with E-state index in [1.54, 1.807) is 0 Å². The predicted molar refractivity (Wildman–Crippen MR) is 59.7 cm³/mol.